The predicted molar refractivity (Wildman–Crippen MR) is 137 cm³/mol. The number of amides is 1. The molecule has 13 heteroatoms. The van der Waals surface area contributed by atoms with Crippen LogP contribution in [0, 0.1) is 10.1 Å². The van der Waals surface area contributed by atoms with Crippen molar-refractivity contribution in [2.24, 2.45) is 5.10 Å². The number of hydrogen-bond acceptors (Lipinski definition) is 10. The van der Waals surface area contributed by atoms with Crippen molar-refractivity contribution in [2.45, 2.75) is 6.92 Å². The first-order chi connectivity index (χ1) is 18.4. The van der Waals surface area contributed by atoms with Crippen molar-refractivity contribution in [3.05, 3.63) is 100 Å². The minimum atomic E-state index is -0.667. The van der Waals surface area contributed by atoms with E-state index in [2.05, 4.69) is 35.8 Å². The topological polar surface area (TPSA) is 180 Å². The van der Waals surface area contributed by atoms with Crippen LogP contribution < -0.4 is 11.2 Å². The van der Waals surface area contributed by atoms with Crippen molar-refractivity contribution >= 4 is 23.1 Å². The Bertz CT molecular complexity index is 1640. The Morgan fingerprint density at radius 3 is 2.26 bits per heavy atom. The van der Waals surface area contributed by atoms with Crippen molar-refractivity contribution < 1.29 is 14.3 Å². The molecule has 13 nitrogen and oxygen atoms in total. The zero-order chi connectivity index (χ0) is 26.6. The van der Waals surface area contributed by atoms with Gasteiger partial charge in [-0.25, -0.2) is 10.1 Å². The maximum atomic E-state index is 13.1. The van der Waals surface area contributed by atoms with Crippen LogP contribution in [0.2, 0.25) is 0 Å². The number of nitrogens with zero attached hydrogens (tertiary/aromatic N) is 7. The minimum Gasteiger partial charge on any atom is -0.378 e. The average molecular weight is 509 g/mol. The van der Waals surface area contributed by atoms with Crippen molar-refractivity contribution in [1.29, 1.82) is 0 Å². The van der Waals surface area contributed by atoms with Gasteiger partial charge in [0.15, 0.2) is 5.69 Å². The number of hydrazone groups is 1. The molecule has 3 aromatic carbocycles. The molecule has 0 aliphatic rings. The van der Waals surface area contributed by atoms with Gasteiger partial charge >= 0.3 is 0 Å². The van der Waals surface area contributed by atoms with Crippen LogP contribution in [0.25, 0.3) is 28.2 Å². The number of non-ortho nitro benzene ring substituents is 1. The lowest BCUT2D eigenvalue weighted by Crippen LogP contribution is -2.21. The van der Waals surface area contributed by atoms with E-state index in [-0.39, 0.29) is 28.7 Å². The van der Waals surface area contributed by atoms with E-state index in [1.165, 1.54) is 28.9 Å². The molecule has 0 atom stereocenters. The third-order valence-corrected chi connectivity index (χ3v) is 5.67. The van der Waals surface area contributed by atoms with Crippen LogP contribution in [0.5, 0.6) is 0 Å². The van der Waals surface area contributed by atoms with Gasteiger partial charge in [-0.15, -0.1) is 5.10 Å². The SMILES string of the molecule is C/C(=N/NC(=O)c1nnn(-c2nonc2N)c1-c1ccc([N+](=O)[O-])cc1)c1ccc(-c2ccccc2)cc1. The van der Waals surface area contributed by atoms with Gasteiger partial charge in [0, 0.05) is 17.7 Å². The molecule has 0 aliphatic carbocycles. The van der Waals surface area contributed by atoms with E-state index in [1.54, 1.807) is 6.92 Å². The number of nitrogens with one attached hydrogen (secondary N) is 1. The maximum absolute atomic E-state index is 13.1. The van der Waals surface area contributed by atoms with Gasteiger partial charge < -0.3 is 5.73 Å². The number of nitrogen functional groups attached to an aromatic ring is 1. The minimum absolute atomic E-state index is 0.00286. The highest BCUT2D eigenvalue weighted by molar-refractivity contribution is 6.02. The van der Waals surface area contributed by atoms with Crippen LogP contribution in [0.4, 0.5) is 11.5 Å². The molecule has 0 saturated carbocycles. The molecule has 1 amide bonds. The van der Waals surface area contributed by atoms with Gasteiger partial charge in [0.1, 0.15) is 5.69 Å². The summed E-state index contributed by atoms with van der Waals surface area (Å²) in [5, 5.41) is 30.5. The summed E-state index contributed by atoms with van der Waals surface area (Å²) >= 11 is 0. The number of anilines is 1. The third-order valence-electron chi connectivity index (χ3n) is 5.67. The fourth-order valence-corrected chi connectivity index (χ4v) is 3.71. The molecule has 3 N–H and O–H groups in total. The highest BCUT2D eigenvalue weighted by Crippen LogP contribution is 2.28. The summed E-state index contributed by atoms with van der Waals surface area (Å²) < 4.78 is 5.82. The van der Waals surface area contributed by atoms with Gasteiger partial charge in [0.05, 0.1) is 10.6 Å². The van der Waals surface area contributed by atoms with E-state index >= 15 is 0 Å². The van der Waals surface area contributed by atoms with Crippen LogP contribution in [-0.4, -0.2) is 41.8 Å². The van der Waals surface area contributed by atoms with Gasteiger partial charge in [-0.3, -0.25) is 14.9 Å². The molecule has 0 aliphatic heterocycles. The van der Waals surface area contributed by atoms with E-state index < -0.39 is 10.8 Å². The van der Waals surface area contributed by atoms with Crippen LogP contribution in [0.15, 0.2) is 88.6 Å². The van der Waals surface area contributed by atoms with Crippen LogP contribution in [-0.2, 0) is 0 Å². The summed E-state index contributed by atoms with van der Waals surface area (Å²) in [6.07, 6.45) is 0. The Morgan fingerprint density at radius 1 is 0.974 bits per heavy atom. The lowest BCUT2D eigenvalue weighted by atomic mass is 10.0. The number of nitro groups is 1. The van der Waals surface area contributed by atoms with Gasteiger partial charge in [0.25, 0.3) is 11.6 Å². The molecule has 0 bridgehead atoms. The number of nitro benzene ring substituents is 1. The van der Waals surface area contributed by atoms with Crippen LogP contribution in [0.3, 0.4) is 0 Å². The van der Waals surface area contributed by atoms with Gasteiger partial charge in [-0.05, 0) is 46.1 Å². The number of benzene rings is 3. The Kier molecular flexibility index (Phi) is 6.38. The van der Waals surface area contributed by atoms with Crippen molar-refractivity contribution in [3.63, 3.8) is 0 Å². The summed E-state index contributed by atoms with van der Waals surface area (Å²) in [4.78, 5) is 23.7. The molecule has 188 valence electrons. The summed E-state index contributed by atoms with van der Waals surface area (Å²) in [5.41, 5.74) is 12.1. The maximum Gasteiger partial charge on any atom is 0.294 e. The molecule has 0 saturated heterocycles. The second kappa shape index (κ2) is 10.1. The summed E-state index contributed by atoms with van der Waals surface area (Å²) in [5.74, 6) is -0.749. The fourth-order valence-electron chi connectivity index (χ4n) is 3.71. The van der Waals surface area contributed by atoms with Gasteiger partial charge in [0.2, 0.25) is 11.6 Å². The van der Waals surface area contributed by atoms with Crippen molar-refractivity contribution in [2.75, 3.05) is 5.73 Å². The summed E-state index contributed by atoms with van der Waals surface area (Å²) in [6.45, 7) is 1.76. The summed E-state index contributed by atoms with van der Waals surface area (Å²) in [6, 6.07) is 23.2. The molecule has 38 heavy (non-hydrogen) atoms. The molecule has 0 unspecified atom stereocenters. The molecule has 0 fully saturated rings. The fraction of sp³-hybridized carbons (Fsp3) is 0.0400. The molecule has 0 radical (unpaired) electrons. The quantitative estimate of drug-likeness (QED) is 0.188. The molecular weight excluding hydrogens is 490 g/mol. The number of carbonyl (C=O) groups excluding carboxylic acids is 1. The van der Waals surface area contributed by atoms with E-state index in [0.29, 0.717) is 11.3 Å². The Hall–Kier alpha value is -5.72. The normalized spacial score (nSPS) is 11.3. The highest BCUT2D eigenvalue weighted by Gasteiger charge is 2.25. The second-order valence-electron chi connectivity index (χ2n) is 8.06. The molecular formula is C25H19N9O4. The van der Waals surface area contributed by atoms with Crippen molar-refractivity contribution in [3.8, 4) is 28.2 Å². The Balaban J connectivity index is 1.43. The molecule has 0 spiro atoms. The van der Waals surface area contributed by atoms with Crippen LogP contribution in [0.1, 0.15) is 23.0 Å². The smallest absolute Gasteiger partial charge is 0.294 e. The average Bonchev–Trinajstić information content (AvgIpc) is 3.58. The number of rotatable bonds is 7. The zero-order valence-corrected chi connectivity index (χ0v) is 19.8. The lowest BCUT2D eigenvalue weighted by molar-refractivity contribution is -0.384. The van der Waals surface area contributed by atoms with Crippen molar-refractivity contribution in [1.82, 2.24) is 30.7 Å². The third kappa shape index (κ3) is 4.70. The lowest BCUT2D eigenvalue weighted by Gasteiger charge is -2.07. The van der Waals surface area contributed by atoms with E-state index in [0.717, 1.165) is 16.7 Å². The van der Waals surface area contributed by atoms with Gasteiger partial charge in [-0.2, -0.15) is 9.78 Å². The van der Waals surface area contributed by atoms with E-state index in [1.807, 2.05) is 54.6 Å². The molecule has 5 rings (SSSR count). The number of carbonyl (C=O) groups is 1. The molecule has 2 aromatic heterocycles. The predicted octanol–water partition coefficient (Wildman–Crippen LogP) is 3.63. The summed E-state index contributed by atoms with van der Waals surface area (Å²) in [7, 11) is 0. The Morgan fingerprint density at radius 2 is 1.63 bits per heavy atom. The van der Waals surface area contributed by atoms with Crippen LogP contribution >= 0.6 is 0 Å². The van der Waals surface area contributed by atoms with E-state index in [9.17, 15) is 14.9 Å². The number of nitrogens with two attached hydrogens (primary N) is 1. The number of hydrogen-bond donors (Lipinski definition) is 2. The van der Waals surface area contributed by atoms with Gasteiger partial charge in [-0.1, -0.05) is 59.8 Å². The monoisotopic (exact) mass is 509 g/mol. The first-order valence-electron chi connectivity index (χ1n) is 11.2. The standard InChI is InChI=1S/C25H19N9O4/c1-15(16-7-9-18(10-8-16)17-5-3-2-4-6-17)27-29-25(35)21-22(19-11-13-20(14-12-19)34(36)37)33(32-28-21)24-23(26)30-38-31-24/h2-14H,1H3,(H2,26,30)(H,29,35)/b27-15-. The first-order valence-corrected chi connectivity index (χ1v) is 11.2. The highest BCUT2D eigenvalue weighted by atomic mass is 16.6. The number of aromatic nitrogens is 5. The largest absolute Gasteiger partial charge is 0.378 e. The second-order valence-corrected chi connectivity index (χ2v) is 8.06. The first kappa shape index (κ1) is 24.0. The zero-order valence-electron chi connectivity index (χ0n) is 19.8. The molecule has 5 aromatic rings. The van der Waals surface area contributed by atoms with E-state index in [4.69, 9.17) is 5.73 Å². The molecule has 2 heterocycles. The Labute approximate surface area is 214 Å².